The highest BCUT2D eigenvalue weighted by atomic mass is 28.4. The fourth-order valence-electron chi connectivity index (χ4n) is 7.94. The second-order valence-corrected chi connectivity index (χ2v) is 31.5. The summed E-state index contributed by atoms with van der Waals surface area (Å²) in [7, 11) is -7.21. The third kappa shape index (κ3) is 5.76. The monoisotopic (exact) mass is 698 g/mol. The zero-order chi connectivity index (χ0) is 35.3. The van der Waals surface area contributed by atoms with E-state index >= 15 is 0 Å². The Morgan fingerprint density at radius 2 is 0.857 bits per heavy atom. The first-order valence-corrected chi connectivity index (χ1v) is 26.9. The Bertz CT molecular complexity index is 1970. The molecule has 2 atom stereocenters. The summed E-state index contributed by atoms with van der Waals surface area (Å²) in [6.45, 7) is 29.2. The molecule has 1 aliphatic heterocycles. The molecule has 0 bridgehead atoms. The Kier molecular flexibility index (Phi) is 7.87. The van der Waals surface area contributed by atoms with E-state index in [2.05, 4.69) is 178 Å². The number of hydrogen-bond donors (Lipinski definition) is 0. The zero-order valence-corrected chi connectivity index (χ0v) is 34.7. The van der Waals surface area contributed by atoms with Gasteiger partial charge in [0.25, 0.3) is 0 Å². The van der Waals surface area contributed by atoms with Gasteiger partial charge in [-0.15, -0.1) is 0 Å². The Labute approximate surface area is 297 Å². The molecule has 1 heterocycles. The van der Waals surface area contributed by atoms with Crippen LogP contribution < -0.4 is 8.85 Å². The van der Waals surface area contributed by atoms with Gasteiger partial charge in [-0.25, -0.2) is 0 Å². The van der Waals surface area contributed by atoms with Crippen LogP contribution in [0.4, 0.5) is 0 Å². The van der Waals surface area contributed by atoms with Crippen molar-refractivity contribution in [2.75, 3.05) is 0 Å². The Morgan fingerprint density at radius 3 is 1.20 bits per heavy atom. The molecule has 49 heavy (non-hydrogen) atoms. The first kappa shape index (κ1) is 34.1. The number of rotatable bonds is 4. The molecule has 0 radical (unpaired) electrons. The lowest BCUT2D eigenvalue weighted by Crippen LogP contribution is -2.56. The molecule has 2 unspecified atom stereocenters. The SMILES string of the molecule is CC(C)(C)C1C=C([Si](C)(C)C)C([Si]2(C3=CC(C(C)(C)C)C=C3[Si](C)(C)C)Oc3ccc4ccccc4c3-c3c(ccc4ccccc34)O2)=C1. The topological polar surface area (TPSA) is 18.5 Å². The lowest BCUT2D eigenvalue weighted by Gasteiger charge is -2.38. The molecule has 2 aliphatic carbocycles. The van der Waals surface area contributed by atoms with Crippen molar-refractivity contribution in [3.05, 3.63) is 118 Å². The summed E-state index contributed by atoms with van der Waals surface area (Å²) in [5.74, 6) is 2.47. The maximum absolute atomic E-state index is 7.97. The van der Waals surface area contributed by atoms with Gasteiger partial charge in [0.1, 0.15) is 11.5 Å². The van der Waals surface area contributed by atoms with Crippen molar-refractivity contribution >= 4 is 46.3 Å². The average Bonchev–Trinajstić information content (AvgIpc) is 3.65. The second kappa shape index (κ2) is 11.3. The number of fused-ring (bicyclic) bond motifs is 7. The van der Waals surface area contributed by atoms with Gasteiger partial charge in [0, 0.05) is 33.4 Å². The molecule has 0 amide bonds. The van der Waals surface area contributed by atoms with E-state index in [1.165, 1.54) is 42.3 Å². The summed E-state index contributed by atoms with van der Waals surface area (Å²) in [6, 6.07) is 26.5. The normalized spacial score (nSPS) is 20.8. The summed E-state index contributed by atoms with van der Waals surface area (Å²) in [4.78, 5) is 0. The number of allylic oxidation sites excluding steroid dienone is 8. The van der Waals surface area contributed by atoms with Crippen molar-refractivity contribution in [3.63, 3.8) is 0 Å². The van der Waals surface area contributed by atoms with Crippen molar-refractivity contribution in [1.82, 2.24) is 0 Å². The van der Waals surface area contributed by atoms with Gasteiger partial charge in [0.2, 0.25) is 0 Å². The smallest absolute Gasteiger partial charge is 0.505 e. The molecule has 2 nitrogen and oxygen atoms in total. The number of benzene rings is 4. The largest absolute Gasteiger partial charge is 0.530 e. The minimum atomic E-state index is -3.48. The highest BCUT2D eigenvalue weighted by Crippen LogP contribution is 2.55. The average molecular weight is 699 g/mol. The van der Waals surface area contributed by atoms with Crippen LogP contribution in [0.2, 0.25) is 39.3 Å². The fourth-order valence-corrected chi connectivity index (χ4v) is 17.7. The van der Waals surface area contributed by atoms with Crippen molar-refractivity contribution < 1.29 is 8.85 Å². The highest BCUT2D eigenvalue weighted by molar-refractivity contribution is 6.96. The van der Waals surface area contributed by atoms with Gasteiger partial charge in [0.05, 0.1) is 16.1 Å². The van der Waals surface area contributed by atoms with Crippen molar-refractivity contribution in [2.45, 2.75) is 80.8 Å². The van der Waals surface area contributed by atoms with Crippen LogP contribution in [0.5, 0.6) is 11.5 Å². The van der Waals surface area contributed by atoms with Gasteiger partial charge in [-0.2, -0.15) is 0 Å². The third-order valence-corrected chi connectivity index (χ3v) is 18.7. The van der Waals surface area contributed by atoms with Crippen molar-refractivity contribution in [2.24, 2.45) is 22.7 Å². The molecule has 0 spiro atoms. The summed E-state index contributed by atoms with van der Waals surface area (Å²) < 4.78 is 15.9. The van der Waals surface area contributed by atoms with Crippen LogP contribution in [0.3, 0.4) is 0 Å². The molecular formula is C44H54O2Si3. The Hall–Kier alpha value is -3.39. The lowest BCUT2D eigenvalue weighted by molar-refractivity contribution is 0.345. The lowest BCUT2D eigenvalue weighted by atomic mass is 9.82. The van der Waals surface area contributed by atoms with E-state index in [1.54, 1.807) is 0 Å². The molecule has 3 aliphatic rings. The van der Waals surface area contributed by atoms with Gasteiger partial charge in [-0.05, 0) is 44.5 Å². The maximum Gasteiger partial charge on any atom is 0.530 e. The van der Waals surface area contributed by atoms with Gasteiger partial charge in [-0.3, -0.25) is 0 Å². The first-order chi connectivity index (χ1) is 22.8. The van der Waals surface area contributed by atoms with Crippen LogP contribution in [-0.2, 0) is 0 Å². The van der Waals surface area contributed by atoms with E-state index in [0.717, 1.165) is 22.6 Å². The fraction of sp³-hybridized carbons (Fsp3) is 0.364. The van der Waals surface area contributed by atoms with E-state index in [-0.39, 0.29) is 10.8 Å². The molecule has 254 valence electrons. The molecule has 4 aromatic carbocycles. The quantitative estimate of drug-likeness (QED) is 0.198. The highest BCUT2D eigenvalue weighted by Gasteiger charge is 2.60. The molecule has 4 aromatic rings. The summed E-state index contributed by atoms with van der Waals surface area (Å²) in [5, 5.41) is 10.5. The van der Waals surface area contributed by atoms with E-state index in [9.17, 15) is 0 Å². The molecule has 0 saturated heterocycles. The van der Waals surface area contributed by atoms with Crippen LogP contribution in [0, 0.1) is 22.7 Å². The molecule has 0 N–H and O–H groups in total. The summed E-state index contributed by atoms with van der Waals surface area (Å²) in [5.41, 5.74) is 2.44. The number of hydrogen-bond acceptors (Lipinski definition) is 2. The first-order valence-electron chi connectivity index (χ1n) is 18.1. The standard InChI is InChI=1S/C44H54O2Si3/c1-43(2,3)31-25-37(47(7,8)9)39(27-31)49(40-28-32(44(4,5)6)26-38(40)48(10,11)12)45-35-23-21-29-17-13-15-19-33(29)41(35)42-34-20-16-14-18-30(34)22-24-36(42)46-49/h13-28,31-32H,1-12H3. The minimum Gasteiger partial charge on any atom is -0.505 e. The molecule has 0 aromatic heterocycles. The van der Waals surface area contributed by atoms with Crippen LogP contribution in [0.1, 0.15) is 41.5 Å². The zero-order valence-electron chi connectivity index (χ0n) is 31.7. The Morgan fingerprint density at radius 1 is 0.490 bits per heavy atom. The molecule has 0 fully saturated rings. The van der Waals surface area contributed by atoms with E-state index in [1.807, 2.05) is 0 Å². The molecular weight excluding hydrogens is 645 g/mol. The van der Waals surface area contributed by atoms with E-state index in [0.29, 0.717) is 11.8 Å². The van der Waals surface area contributed by atoms with Crippen LogP contribution in [0.15, 0.2) is 118 Å². The van der Waals surface area contributed by atoms with E-state index < -0.39 is 24.7 Å². The van der Waals surface area contributed by atoms with Crippen LogP contribution in [-0.4, -0.2) is 24.7 Å². The molecule has 7 rings (SSSR count). The summed E-state index contributed by atoms with van der Waals surface area (Å²) in [6.07, 6.45) is 10.4. The van der Waals surface area contributed by atoms with Crippen LogP contribution in [0.25, 0.3) is 32.7 Å². The van der Waals surface area contributed by atoms with Gasteiger partial charge in [-0.1, -0.05) is 176 Å². The molecule has 5 heteroatoms. The predicted octanol–water partition coefficient (Wildman–Crippen LogP) is 12.8. The molecule has 0 saturated carbocycles. The van der Waals surface area contributed by atoms with Crippen LogP contribution >= 0.6 is 0 Å². The van der Waals surface area contributed by atoms with Crippen molar-refractivity contribution in [3.8, 4) is 22.6 Å². The second-order valence-electron chi connectivity index (χ2n) is 18.7. The van der Waals surface area contributed by atoms with Gasteiger partial charge < -0.3 is 8.85 Å². The predicted molar refractivity (Wildman–Crippen MR) is 219 cm³/mol. The van der Waals surface area contributed by atoms with Gasteiger partial charge in [0.15, 0.2) is 0 Å². The van der Waals surface area contributed by atoms with Gasteiger partial charge >= 0.3 is 8.56 Å². The Balaban J connectivity index is 1.64. The third-order valence-electron chi connectivity index (χ3n) is 10.8. The maximum atomic E-state index is 7.97. The van der Waals surface area contributed by atoms with Crippen molar-refractivity contribution in [1.29, 1.82) is 0 Å². The van der Waals surface area contributed by atoms with E-state index in [4.69, 9.17) is 8.85 Å². The summed E-state index contributed by atoms with van der Waals surface area (Å²) >= 11 is 0. The minimum absolute atomic E-state index is 0.0740.